The summed E-state index contributed by atoms with van der Waals surface area (Å²) < 4.78 is 4.71. The van der Waals surface area contributed by atoms with Crippen LogP contribution in [-0.2, 0) is 9.53 Å². The monoisotopic (exact) mass is 268 g/mol. The molecule has 6 nitrogen and oxygen atoms in total. The normalized spacial score (nSPS) is 13.9. The zero-order valence-corrected chi connectivity index (χ0v) is 11.1. The van der Waals surface area contributed by atoms with Gasteiger partial charge in [-0.25, -0.2) is 0 Å². The number of hydrogen-bond acceptors (Lipinski definition) is 6. The first-order valence-corrected chi connectivity index (χ1v) is 6.04. The number of aliphatic hydroxyl groups is 2. The van der Waals surface area contributed by atoms with Gasteiger partial charge in [0, 0.05) is 0 Å². The summed E-state index contributed by atoms with van der Waals surface area (Å²) in [7, 11) is 0. The van der Waals surface area contributed by atoms with Gasteiger partial charge in [0.1, 0.15) is 6.10 Å². The zero-order valence-electron chi connectivity index (χ0n) is 11.1. The Hall–Kier alpha value is -1.79. The number of aryl methyl sites for hydroxylation is 1. The third-order valence-corrected chi connectivity index (χ3v) is 2.83. The fourth-order valence-electron chi connectivity index (χ4n) is 1.75. The molecule has 0 spiro atoms. The van der Waals surface area contributed by atoms with Gasteiger partial charge in [0.25, 0.3) is 0 Å². The predicted molar refractivity (Wildman–Crippen MR) is 72.2 cm³/mol. The maximum Gasteiger partial charge on any atom is 0.308 e. The first kappa shape index (κ1) is 15.3. The van der Waals surface area contributed by atoms with E-state index in [2.05, 4.69) is 0 Å². The van der Waals surface area contributed by atoms with Crippen LogP contribution in [0.5, 0.6) is 0 Å². The molecule has 106 valence electrons. The molecule has 0 saturated heterocycles. The number of rotatable bonds is 5. The van der Waals surface area contributed by atoms with Gasteiger partial charge < -0.3 is 26.4 Å². The molecule has 1 aromatic rings. The minimum absolute atomic E-state index is 0.232. The van der Waals surface area contributed by atoms with Crippen molar-refractivity contribution in [2.75, 3.05) is 18.1 Å². The van der Waals surface area contributed by atoms with E-state index in [1.807, 2.05) is 0 Å². The lowest BCUT2D eigenvalue weighted by Crippen LogP contribution is -2.23. The first-order valence-electron chi connectivity index (χ1n) is 6.04. The van der Waals surface area contributed by atoms with Crippen LogP contribution >= 0.6 is 0 Å². The van der Waals surface area contributed by atoms with E-state index in [-0.39, 0.29) is 13.0 Å². The smallest absolute Gasteiger partial charge is 0.308 e. The van der Waals surface area contributed by atoms with E-state index in [0.29, 0.717) is 22.5 Å². The quantitative estimate of drug-likeness (QED) is 0.456. The molecule has 0 aliphatic heterocycles. The van der Waals surface area contributed by atoms with Crippen molar-refractivity contribution >= 4 is 17.3 Å². The second kappa shape index (κ2) is 6.40. The molecular formula is C13H20N2O4. The number of esters is 1. The van der Waals surface area contributed by atoms with Crippen LogP contribution in [0.15, 0.2) is 12.1 Å². The molecule has 0 saturated carbocycles. The van der Waals surface area contributed by atoms with Crippen molar-refractivity contribution in [3.63, 3.8) is 0 Å². The summed E-state index contributed by atoms with van der Waals surface area (Å²) in [5, 5.41) is 19.8. The Bertz CT molecular complexity index is 439. The largest absolute Gasteiger partial charge is 0.466 e. The van der Waals surface area contributed by atoms with Crippen LogP contribution in [0.4, 0.5) is 11.4 Å². The molecule has 0 amide bonds. The van der Waals surface area contributed by atoms with Gasteiger partial charge in [0.15, 0.2) is 0 Å². The molecule has 0 aliphatic carbocycles. The summed E-state index contributed by atoms with van der Waals surface area (Å²) in [4.78, 5) is 11.2. The highest BCUT2D eigenvalue weighted by atomic mass is 16.5. The van der Waals surface area contributed by atoms with Crippen LogP contribution < -0.4 is 11.5 Å². The molecule has 2 atom stereocenters. The number of carbonyl (C=O) groups is 1. The molecule has 0 bridgehead atoms. The Balaban J connectivity index is 2.82. The highest BCUT2D eigenvalue weighted by Crippen LogP contribution is 2.27. The maximum absolute atomic E-state index is 11.2. The van der Waals surface area contributed by atoms with E-state index >= 15 is 0 Å². The molecule has 1 rings (SSSR count). The molecule has 19 heavy (non-hydrogen) atoms. The maximum atomic E-state index is 11.2. The summed E-state index contributed by atoms with van der Waals surface area (Å²) >= 11 is 0. The van der Waals surface area contributed by atoms with Gasteiger partial charge in [-0.3, -0.25) is 4.79 Å². The van der Waals surface area contributed by atoms with Gasteiger partial charge in [0.2, 0.25) is 0 Å². The second-order valence-electron chi connectivity index (χ2n) is 4.36. The second-order valence-corrected chi connectivity index (χ2v) is 4.36. The van der Waals surface area contributed by atoms with Gasteiger partial charge in [-0.1, -0.05) is 6.07 Å². The number of aliphatic hydroxyl groups excluding tert-OH is 2. The van der Waals surface area contributed by atoms with Crippen LogP contribution in [0, 0.1) is 6.92 Å². The van der Waals surface area contributed by atoms with Crippen molar-refractivity contribution in [1.82, 2.24) is 0 Å². The number of hydrogen-bond donors (Lipinski definition) is 4. The average Bonchev–Trinajstić information content (AvgIpc) is 2.34. The minimum Gasteiger partial charge on any atom is -0.466 e. The highest BCUT2D eigenvalue weighted by Gasteiger charge is 2.23. The Morgan fingerprint density at radius 2 is 2.00 bits per heavy atom. The molecule has 0 fully saturated rings. The molecule has 2 unspecified atom stereocenters. The lowest BCUT2D eigenvalue weighted by molar-refractivity contribution is -0.147. The molecule has 0 radical (unpaired) electrons. The zero-order chi connectivity index (χ0) is 14.6. The third-order valence-electron chi connectivity index (χ3n) is 2.83. The van der Waals surface area contributed by atoms with E-state index in [4.69, 9.17) is 16.2 Å². The molecule has 0 aliphatic rings. The van der Waals surface area contributed by atoms with E-state index in [1.165, 1.54) is 6.07 Å². The fourth-order valence-corrected chi connectivity index (χ4v) is 1.75. The average molecular weight is 268 g/mol. The predicted octanol–water partition coefficient (Wildman–Crippen LogP) is 0.507. The van der Waals surface area contributed by atoms with Gasteiger partial charge in [-0.05, 0) is 31.0 Å². The van der Waals surface area contributed by atoms with Crippen LogP contribution in [0.1, 0.15) is 30.6 Å². The third kappa shape index (κ3) is 3.84. The van der Waals surface area contributed by atoms with E-state index in [1.54, 1.807) is 19.9 Å². The Morgan fingerprint density at radius 3 is 2.53 bits per heavy atom. The summed E-state index contributed by atoms with van der Waals surface area (Å²) in [6.07, 6.45) is -2.74. The summed E-state index contributed by atoms with van der Waals surface area (Å²) in [6.45, 7) is 3.65. The standard InChI is InChI=1S/C13H20N2O4/c1-3-19-11(17)6-10(16)13(18)8-4-7(2)12(15)9(14)5-8/h4-5,10,13,16,18H,3,6,14-15H2,1-2H3. The van der Waals surface area contributed by atoms with E-state index < -0.39 is 18.2 Å². The highest BCUT2D eigenvalue weighted by molar-refractivity contribution is 5.70. The number of nitrogens with two attached hydrogens (primary N) is 2. The lowest BCUT2D eigenvalue weighted by atomic mass is 9.98. The SMILES string of the molecule is CCOC(=O)CC(O)C(O)c1cc(C)c(N)c(N)c1. The van der Waals surface area contributed by atoms with Crippen LogP contribution in [-0.4, -0.2) is 28.9 Å². The summed E-state index contributed by atoms with van der Waals surface area (Å²) in [5.74, 6) is -0.561. The molecule has 1 aromatic carbocycles. The van der Waals surface area contributed by atoms with Crippen LogP contribution in [0.3, 0.4) is 0 Å². The summed E-state index contributed by atoms with van der Waals surface area (Å²) in [5.41, 5.74) is 13.3. The Morgan fingerprint density at radius 1 is 1.37 bits per heavy atom. The van der Waals surface area contributed by atoms with E-state index in [9.17, 15) is 15.0 Å². The fraction of sp³-hybridized carbons (Fsp3) is 0.462. The van der Waals surface area contributed by atoms with Gasteiger partial charge in [-0.2, -0.15) is 0 Å². The van der Waals surface area contributed by atoms with Crippen molar-refractivity contribution in [2.24, 2.45) is 0 Å². The van der Waals surface area contributed by atoms with Crippen LogP contribution in [0.25, 0.3) is 0 Å². The van der Waals surface area contributed by atoms with Crippen molar-refractivity contribution in [1.29, 1.82) is 0 Å². The van der Waals surface area contributed by atoms with Crippen molar-refractivity contribution in [2.45, 2.75) is 32.5 Å². The van der Waals surface area contributed by atoms with Gasteiger partial charge >= 0.3 is 5.97 Å². The number of anilines is 2. The Labute approximate surface area is 112 Å². The summed E-state index contributed by atoms with van der Waals surface area (Å²) in [6, 6.07) is 3.12. The molecular weight excluding hydrogens is 248 g/mol. The number of ether oxygens (including phenoxy) is 1. The number of nitrogen functional groups attached to an aromatic ring is 2. The molecule has 6 heteroatoms. The topological polar surface area (TPSA) is 119 Å². The molecule has 6 N–H and O–H groups in total. The van der Waals surface area contributed by atoms with Crippen molar-refractivity contribution in [3.8, 4) is 0 Å². The molecule has 0 aromatic heterocycles. The van der Waals surface area contributed by atoms with Gasteiger partial charge in [-0.15, -0.1) is 0 Å². The van der Waals surface area contributed by atoms with Gasteiger partial charge in [0.05, 0.1) is 30.5 Å². The number of carbonyl (C=O) groups excluding carboxylic acids is 1. The van der Waals surface area contributed by atoms with Crippen molar-refractivity contribution < 1.29 is 19.7 Å². The minimum atomic E-state index is -1.25. The Kier molecular flexibility index (Phi) is 5.14. The van der Waals surface area contributed by atoms with Crippen LogP contribution in [0.2, 0.25) is 0 Å². The lowest BCUT2D eigenvalue weighted by Gasteiger charge is -2.19. The van der Waals surface area contributed by atoms with Crippen molar-refractivity contribution in [3.05, 3.63) is 23.3 Å². The first-order chi connectivity index (χ1) is 8.86. The molecule has 0 heterocycles. The number of benzene rings is 1. The van der Waals surface area contributed by atoms with E-state index in [0.717, 1.165) is 0 Å².